The normalized spacial score (nSPS) is 17.4. The van der Waals surface area contributed by atoms with Crippen molar-refractivity contribution in [1.29, 1.82) is 0 Å². The van der Waals surface area contributed by atoms with Crippen LogP contribution in [0.3, 0.4) is 0 Å². The summed E-state index contributed by atoms with van der Waals surface area (Å²) in [5.74, 6) is 0. The first-order valence-electron chi connectivity index (χ1n) is 5.36. The quantitative estimate of drug-likeness (QED) is 0.646. The fourth-order valence-corrected chi connectivity index (χ4v) is 2.80. The molecule has 1 heteroatoms. The van der Waals surface area contributed by atoms with Crippen LogP contribution in [0.5, 0.6) is 0 Å². The number of rotatable bonds is 0. The molecule has 0 aromatic heterocycles. The van der Waals surface area contributed by atoms with Crippen LogP contribution in [0.2, 0.25) is 0 Å². The third-order valence-electron chi connectivity index (χ3n) is 2.93. The minimum Gasteiger partial charge on any atom is -0.0792 e. The van der Waals surface area contributed by atoms with Crippen molar-refractivity contribution in [2.75, 3.05) is 0 Å². The summed E-state index contributed by atoms with van der Waals surface area (Å²) in [4.78, 5) is 0.295. The Morgan fingerprint density at radius 2 is 1.50 bits per heavy atom. The predicted octanol–water partition coefficient (Wildman–Crippen LogP) is 2.75. The van der Waals surface area contributed by atoms with Gasteiger partial charge in [0, 0.05) is 0 Å². The van der Waals surface area contributed by atoms with Gasteiger partial charge in [0.05, 0.1) is 4.83 Å². The lowest BCUT2D eigenvalue weighted by Gasteiger charge is -2.06. The Kier molecular flexibility index (Phi) is 2.41. The first-order valence-corrected chi connectivity index (χ1v) is 6.28. The smallest absolute Gasteiger partial charge is 0.0590 e. The van der Waals surface area contributed by atoms with Crippen LogP contribution in [0.4, 0.5) is 0 Å². The second-order valence-electron chi connectivity index (χ2n) is 3.97. The summed E-state index contributed by atoms with van der Waals surface area (Å²) in [6.45, 7) is 0. The molecule has 0 spiro atoms. The molecular weight excluding hydrogens is 260 g/mol. The van der Waals surface area contributed by atoms with Crippen LogP contribution in [0.15, 0.2) is 48.5 Å². The molecule has 0 radical (unpaired) electrons. The molecule has 1 unspecified atom stereocenters. The first-order chi connectivity index (χ1) is 7.84. The van der Waals surface area contributed by atoms with Crippen molar-refractivity contribution in [2.45, 2.75) is 4.83 Å². The van der Waals surface area contributed by atoms with Gasteiger partial charge in [-0.25, -0.2) is 0 Å². The van der Waals surface area contributed by atoms with Crippen LogP contribution in [-0.2, 0) is 0 Å². The number of benzene rings is 2. The first kappa shape index (κ1) is 9.86. The molecule has 0 bridgehead atoms. The lowest BCUT2D eigenvalue weighted by Crippen LogP contribution is -2.23. The maximum absolute atomic E-state index is 3.73. The van der Waals surface area contributed by atoms with Crippen LogP contribution in [-0.4, -0.2) is 0 Å². The standard InChI is InChI=1S/C15H11Br/c16-15-10-12-6-2-1-5-11(12)9-13-7-3-4-8-14(13)15/h1-10,15H. The van der Waals surface area contributed by atoms with E-state index in [1.807, 2.05) is 0 Å². The van der Waals surface area contributed by atoms with Crippen LogP contribution < -0.4 is 10.4 Å². The van der Waals surface area contributed by atoms with E-state index in [-0.39, 0.29) is 0 Å². The van der Waals surface area contributed by atoms with E-state index in [1.165, 1.54) is 21.6 Å². The maximum atomic E-state index is 3.73. The predicted molar refractivity (Wildman–Crippen MR) is 71.8 cm³/mol. The Labute approximate surface area is 103 Å². The van der Waals surface area contributed by atoms with E-state index in [9.17, 15) is 0 Å². The van der Waals surface area contributed by atoms with Gasteiger partial charge < -0.3 is 0 Å². The lowest BCUT2D eigenvalue weighted by atomic mass is 10.1. The largest absolute Gasteiger partial charge is 0.0792 e. The molecule has 78 valence electrons. The van der Waals surface area contributed by atoms with Crippen LogP contribution >= 0.6 is 15.9 Å². The van der Waals surface area contributed by atoms with Gasteiger partial charge in [0.25, 0.3) is 0 Å². The molecule has 0 nitrogen and oxygen atoms in total. The van der Waals surface area contributed by atoms with Gasteiger partial charge in [-0.05, 0) is 27.6 Å². The van der Waals surface area contributed by atoms with Crippen LogP contribution in [0.1, 0.15) is 16.0 Å². The molecule has 1 aliphatic carbocycles. The fraction of sp³-hybridized carbons (Fsp3) is 0.0667. The van der Waals surface area contributed by atoms with Gasteiger partial charge in [0.15, 0.2) is 0 Å². The van der Waals surface area contributed by atoms with Gasteiger partial charge in [0.2, 0.25) is 0 Å². The summed E-state index contributed by atoms with van der Waals surface area (Å²) in [5, 5.41) is 2.58. The van der Waals surface area contributed by atoms with Crippen molar-refractivity contribution in [2.24, 2.45) is 0 Å². The van der Waals surface area contributed by atoms with E-state index in [0.29, 0.717) is 4.83 Å². The Morgan fingerprint density at radius 3 is 2.38 bits per heavy atom. The molecule has 16 heavy (non-hydrogen) atoms. The lowest BCUT2D eigenvalue weighted by molar-refractivity contribution is 1.30. The molecule has 1 atom stereocenters. The number of alkyl halides is 1. The van der Waals surface area contributed by atoms with Gasteiger partial charge in [-0.1, -0.05) is 70.5 Å². The van der Waals surface area contributed by atoms with Crippen molar-refractivity contribution >= 4 is 28.1 Å². The van der Waals surface area contributed by atoms with Gasteiger partial charge >= 0.3 is 0 Å². The Balaban J connectivity index is 2.40. The summed E-state index contributed by atoms with van der Waals surface area (Å²) in [5.41, 5.74) is 2.63. The summed E-state index contributed by atoms with van der Waals surface area (Å²) >= 11 is 3.73. The summed E-state index contributed by atoms with van der Waals surface area (Å²) in [6.07, 6.45) is 4.51. The SMILES string of the molecule is BrC1C=c2ccccc2=Cc2ccccc21. The number of hydrogen-bond donors (Lipinski definition) is 0. The molecule has 2 aromatic carbocycles. The Hall–Kier alpha value is -1.34. The van der Waals surface area contributed by atoms with E-state index in [2.05, 4.69) is 76.6 Å². The number of fused-ring (bicyclic) bond motifs is 2. The van der Waals surface area contributed by atoms with Gasteiger partial charge in [-0.15, -0.1) is 0 Å². The molecule has 0 N–H and O–H groups in total. The Morgan fingerprint density at radius 1 is 0.812 bits per heavy atom. The second-order valence-corrected chi connectivity index (χ2v) is 4.96. The summed E-state index contributed by atoms with van der Waals surface area (Å²) < 4.78 is 0. The van der Waals surface area contributed by atoms with E-state index < -0.39 is 0 Å². The maximum Gasteiger partial charge on any atom is 0.0590 e. The molecule has 0 saturated heterocycles. The minimum atomic E-state index is 0.295. The molecule has 0 saturated carbocycles. The van der Waals surface area contributed by atoms with Crippen LogP contribution in [0.25, 0.3) is 12.2 Å². The Bertz CT molecular complexity index is 640. The van der Waals surface area contributed by atoms with Crippen molar-refractivity contribution in [3.63, 3.8) is 0 Å². The average molecular weight is 271 g/mol. The van der Waals surface area contributed by atoms with Gasteiger partial charge in [-0.2, -0.15) is 0 Å². The highest BCUT2D eigenvalue weighted by atomic mass is 79.9. The molecule has 0 amide bonds. The highest BCUT2D eigenvalue weighted by Gasteiger charge is 2.09. The summed E-state index contributed by atoms with van der Waals surface area (Å²) in [6, 6.07) is 17.0. The zero-order chi connectivity index (χ0) is 11.0. The topological polar surface area (TPSA) is 0 Å². The molecule has 0 aliphatic heterocycles. The third kappa shape index (κ3) is 1.61. The summed E-state index contributed by atoms with van der Waals surface area (Å²) in [7, 11) is 0. The van der Waals surface area contributed by atoms with Gasteiger partial charge in [0.1, 0.15) is 0 Å². The van der Waals surface area contributed by atoms with Crippen molar-refractivity contribution < 1.29 is 0 Å². The van der Waals surface area contributed by atoms with Gasteiger partial charge in [-0.3, -0.25) is 0 Å². The van der Waals surface area contributed by atoms with E-state index in [4.69, 9.17) is 0 Å². The fourth-order valence-electron chi connectivity index (χ4n) is 2.10. The molecular formula is C15H11Br. The monoisotopic (exact) mass is 270 g/mol. The average Bonchev–Trinajstić information content (AvgIpc) is 2.45. The van der Waals surface area contributed by atoms with E-state index in [0.717, 1.165) is 0 Å². The van der Waals surface area contributed by atoms with Crippen molar-refractivity contribution in [1.82, 2.24) is 0 Å². The molecule has 0 heterocycles. The van der Waals surface area contributed by atoms with Crippen molar-refractivity contribution in [3.05, 3.63) is 70.1 Å². The van der Waals surface area contributed by atoms with Crippen molar-refractivity contribution in [3.8, 4) is 0 Å². The van der Waals surface area contributed by atoms with E-state index >= 15 is 0 Å². The number of halogens is 1. The highest BCUT2D eigenvalue weighted by molar-refractivity contribution is 9.09. The van der Waals surface area contributed by atoms with E-state index in [1.54, 1.807) is 0 Å². The molecule has 3 rings (SSSR count). The zero-order valence-electron chi connectivity index (χ0n) is 8.73. The van der Waals surface area contributed by atoms with Crippen LogP contribution in [0, 0.1) is 0 Å². The minimum absolute atomic E-state index is 0.295. The third-order valence-corrected chi connectivity index (χ3v) is 3.68. The second kappa shape index (κ2) is 3.91. The zero-order valence-corrected chi connectivity index (χ0v) is 10.3. The molecule has 0 fully saturated rings. The highest BCUT2D eigenvalue weighted by Crippen LogP contribution is 2.28. The molecule has 2 aromatic rings. The molecule has 1 aliphatic rings. The number of hydrogen-bond acceptors (Lipinski definition) is 0.